The van der Waals surface area contributed by atoms with Crippen LogP contribution >= 0.6 is 11.8 Å². The average Bonchev–Trinajstić information content (AvgIpc) is 2.47. The molecule has 0 aromatic rings. The van der Waals surface area contributed by atoms with Crippen LogP contribution in [0.1, 0.15) is 39.5 Å². The average molecular weight is 285 g/mol. The van der Waals surface area contributed by atoms with Crippen LogP contribution in [0.25, 0.3) is 0 Å². The fourth-order valence-electron chi connectivity index (χ4n) is 3.34. The lowest BCUT2D eigenvalue weighted by atomic mass is 9.78. The number of carbonyl (C=O) groups excluding carboxylic acids is 1. The van der Waals surface area contributed by atoms with E-state index >= 15 is 0 Å². The molecule has 19 heavy (non-hydrogen) atoms. The zero-order valence-corrected chi connectivity index (χ0v) is 13.3. The molecule has 0 aromatic heterocycles. The molecule has 3 nitrogen and oxygen atoms in total. The van der Waals surface area contributed by atoms with E-state index in [9.17, 15) is 4.79 Å². The number of ketones is 1. The van der Waals surface area contributed by atoms with E-state index in [1.165, 1.54) is 12.8 Å². The molecule has 1 heterocycles. The topological polar surface area (TPSA) is 29.5 Å². The maximum absolute atomic E-state index is 12.8. The van der Waals surface area contributed by atoms with Gasteiger partial charge in [0.25, 0.3) is 0 Å². The summed E-state index contributed by atoms with van der Waals surface area (Å²) in [4.78, 5) is 15.1. The Morgan fingerprint density at radius 2 is 1.74 bits per heavy atom. The largest absolute Gasteiger partial charge is 0.379 e. The van der Waals surface area contributed by atoms with E-state index in [0.717, 1.165) is 44.4 Å². The van der Waals surface area contributed by atoms with Gasteiger partial charge in [0.15, 0.2) is 5.78 Å². The summed E-state index contributed by atoms with van der Waals surface area (Å²) in [6.45, 7) is 7.49. The number of hydrogen-bond donors (Lipinski definition) is 0. The maximum Gasteiger partial charge on any atom is 0.155 e. The van der Waals surface area contributed by atoms with Gasteiger partial charge in [-0.3, -0.25) is 9.69 Å². The van der Waals surface area contributed by atoms with Crippen LogP contribution in [0.15, 0.2) is 0 Å². The Balaban J connectivity index is 1.94. The summed E-state index contributed by atoms with van der Waals surface area (Å²) in [5, 5.41) is 0.774. The van der Waals surface area contributed by atoms with E-state index in [0.29, 0.717) is 5.78 Å². The molecule has 0 N–H and O–H groups in total. The third-order valence-electron chi connectivity index (χ3n) is 4.78. The number of hydrogen-bond acceptors (Lipinski definition) is 4. The van der Waals surface area contributed by atoms with Gasteiger partial charge in [0, 0.05) is 24.3 Å². The minimum Gasteiger partial charge on any atom is -0.379 e. The molecule has 1 saturated carbocycles. The quantitative estimate of drug-likeness (QED) is 0.794. The van der Waals surface area contributed by atoms with Gasteiger partial charge in [-0.05, 0) is 45.8 Å². The van der Waals surface area contributed by atoms with Crippen molar-refractivity contribution in [2.45, 2.75) is 50.3 Å². The first-order valence-corrected chi connectivity index (χ1v) is 8.74. The predicted octanol–water partition coefficient (Wildman–Crippen LogP) is 2.59. The molecule has 2 fully saturated rings. The van der Waals surface area contributed by atoms with Crippen molar-refractivity contribution >= 4 is 17.5 Å². The summed E-state index contributed by atoms with van der Waals surface area (Å²) >= 11 is 1.96. The molecule has 0 aromatic carbocycles. The number of thioether (sulfide) groups is 1. The van der Waals surface area contributed by atoms with Gasteiger partial charge in [0.1, 0.15) is 0 Å². The predicted molar refractivity (Wildman–Crippen MR) is 80.7 cm³/mol. The number of nitrogens with zero attached hydrogens (tertiary/aromatic N) is 1. The van der Waals surface area contributed by atoms with Crippen LogP contribution in [0.3, 0.4) is 0 Å². The van der Waals surface area contributed by atoms with Crippen molar-refractivity contribution in [1.29, 1.82) is 0 Å². The van der Waals surface area contributed by atoms with Crippen LogP contribution in [0.2, 0.25) is 0 Å². The molecule has 0 amide bonds. The Kier molecular flexibility index (Phi) is 5.32. The second-order valence-electron chi connectivity index (χ2n) is 6.23. The summed E-state index contributed by atoms with van der Waals surface area (Å²) in [6, 6.07) is 0. The highest BCUT2D eigenvalue weighted by atomic mass is 32.2. The lowest BCUT2D eigenvalue weighted by Gasteiger charge is -2.42. The van der Waals surface area contributed by atoms with E-state index in [-0.39, 0.29) is 11.5 Å². The van der Waals surface area contributed by atoms with Crippen LogP contribution in [-0.4, -0.2) is 54.0 Å². The smallest absolute Gasteiger partial charge is 0.155 e. The summed E-state index contributed by atoms with van der Waals surface area (Å²) in [6.07, 6.45) is 6.76. The van der Waals surface area contributed by atoms with Gasteiger partial charge in [-0.1, -0.05) is 0 Å². The SMILES string of the molecule is CSC1CCC(C(=O)C(C)(C)N2CCOCC2)CC1. The highest BCUT2D eigenvalue weighted by Crippen LogP contribution is 2.34. The summed E-state index contributed by atoms with van der Waals surface area (Å²) < 4.78 is 5.39. The Bertz CT molecular complexity index is 305. The fraction of sp³-hybridized carbons (Fsp3) is 0.933. The van der Waals surface area contributed by atoms with Gasteiger partial charge >= 0.3 is 0 Å². The van der Waals surface area contributed by atoms with Crippen molar-refractivity contribution in [1.82, 2.24) is 4.90 Å². The first-order valence-electron chi connectivity index (χ1n) is 7.45. The van der Waals surface area contributed by atoms with Gasteiger partial charge in [0.2, 0.25) is 0 Å². The number of Topliss-reactive ketones (excluding diaryl/α,β-unsaturated/α-hetero) is 1. The van der Waals surface area contributed by atoms with Gasteiger partial charge in [-0.25, -0.2) is 0 Å². The minimum atomic E-state index is -0.319. The molecular formula is C15H27NO2S. The molecule has 4 heteroatoms. The van der Waals surface area contributed by atoms with Gasteiger partial charge in [-0.2, -0.15) is 11.8 Å². The lowest BCUT2D eigenvalue weighted by Crippen LogP contribution is -2.56. The number of morpholine rings is 1. The zero-order valence-electron chi connectivity index (χ0n) is 12.5. The highest BCUT2D eigenvalue weighted by Gasteiger charge is 2.40. The van der Waals surface area contributed by atoms with Crippen LogP contribution in [0, 0.1) is 5.92 Å². The monoisotopic (exact) mass is 285 g/mol. The molecule has 0 spiro atoms. The van der Waals surface area contributed by atoms with Crippen molar-refractivity contribution in [2.75, 3.05) is 32.6 Å². The van der Waals surface area contributed by atoms with Crippen molar-refractivity contribution < 1.29 is 9.53 Å². The van der Waals surface area contributed by atoms with Crippen molar-refractivity contribution in [3.05, 3.63) is 0 Å². The number of rotatable bonds is 4. The Morgan fingerprint density at radius 1 is 1.16 bits per heavy atom. The van der Waals surface area contributed by atoms with E-state index in [1.807, 2.05) is 11.8 Å². The Morgan fingerprint density at radius 3 is 2.26 bits per heavy atom. The lowest BCUT2D eigenvalue weighted by molar-refractivity contribution is -0.137. The Hall–Kier alpha value is -0.0600. The molecule has 0 bridgehead atoms. The maximum atomic E-state index is 12.8. The standard InChI is InChI=1S/C15H27NO2S/c1-15(2,16-8-10-18-11-9-16)14(17)12-4-6-13(19-3)7-5-12/h12-13H,4-11H2,1-3H3. The molecule has 110 valence electrons. The molecule has 0 unspecified atom stereocenters. The Labute approximate surface area is 121 Å². The van der Waals surface area contributed by atoms with Crippen molar-refractivity contribution in [3.63, 3.8) is 0 Å². The molecule has 1 aliphatic carbocycles. The summed E-state index contributed by atoms with van der Waals surface area (Å²) in [5.41, 5.74) is -0.319. The second-order valence-corrected chi connectivity index (χ2v) is 7.37. The molecule has 2 rings (SSSR count). The highest BCUT2D eigenvalue weighted by molar-refractivity contribution is 7.99. The van der Waals surface area contributed by atoms with Crippen molar-refractivity contribution in [2.24, 2.45) is 5.92 Å². The van der Waals surface area contributed by atoms with Crippen LogP contribution < -0.4 is 0 Å². The van der Waals surface area contributed by atoms with E-state index < -0.39 is 0 Å². The molecule has 1 saturated heterocycles. The number of ether oxygens (including phenoxy) is 1. The molecule has 1 aliphatic heterocycles. The first kappa shape index (κ1) is 15.3. The van der Waals surface area contributed by atoms with E-state index in [1.54, 1.807) is 0 Å². The van der Waals surface area contributed by atoms with Gasteiger partial charge < -0.3 is 4.74 Å². The zero-order chi connectivity index (χ0) is 13.9. The normalized spacial score (nSPS) is 30.3. The summed E-state index contributed by atoms with van der Waals surface area (Å²) in [5.74, 6) is 0.732. The third-order valence-corrected chi connectivity index (χ3v) is 5.92. The van der Waals surface area contributed by atoms with Crippen LogP contribution in [0.5, 0.6) is 0 Å². The van der Waals surface area contributed by atoms with Crippen LogP contribution in [0.4, 0.5) is 0 Å². The first-order chi connectivity index (χ1) is 9.05. The molecular weight excluding hydrogens is 258 g/mol. The van der Waals surface area contributed by atoms with Gasteiger partial charge in [0.05, 0.1) is 18.8 Å². The van der Waals surface area contributed by atoms with E-state index in [4.69, 9.17) is 4.74 Å². The van der Waals surface area contributed by atoms with Crippen molar-refractivity contribution in [3.8, 4) is 0 Å². The summed E-state index contributed by atoms with van der Waals surface area (Å²) in [7, 11) is 0. The second kappa shape index (κ2) is 6.59. The van der Waals surface area contributed by atoms with Gasteiger partial charge in [-0.15, -0.1) is 0 Å². The molecule has 2 aliphatic rings. The number of carbonyl (C=O) groups is 1. The molecule has 0 radical (unpaired) electrons. The van der Waals surface area contributed by atoms with E-state index in [2.05, 4.69) is 25.0 Å². The third kappa shape index (κ3) is 3.53. The van der Waals surface area contributed by atoms with Crippen LogP contribution in [-0.2, 0) is 9.53 Å². The minimum absolute atomic E-state index is 0.279. The fourth-order valence-corrected chi connectivity index (χ4v) is 4.08. The molecule has 0 atom stereocenters.